The fraction of sp³-hybridized carbons (Fsp3) is 0.333. The summed E-state index contributed by atoms with van der Waals surface area (Å²) in [5, 5.41) is 3.74. The molecule has 0 bridgehead atoms. The number of hydrogen-bond donors (Lipinski definition) is 0. The van der Waals surface area contributed by atoms with E-state index < -0.39 is 5.97 Å². The van der Waals surface area contributed by atoms with Crippen LogP contribution in [0.1, 0.15) is 33.5 Å². The van der Waals surface area contributed by atoms with E-state index in [0.717, 1.165) is 0 Å². The van der Waals surface area contributed by atoms with Gasteiger partial charge in [0.1, 0.15) is 11.5 Å². The van der Waals surface area contributed by atoms with Gasteiger partial charge in [0.15, 0.2) is 5.69 Å². The minimum atomic E-state index is -0.440. The molecule has 2 heterocycles. The first-order chi connectivity index (χ1) is 12.4. The summed E-state index contributed by atoms with van der Waals surface area (Å²) in [4.78, 5) is 39.4. The van der Waals surface area contributed by atoms with Crippen LogP contribution in [0.3, 0.4) is 0 Å². The highest BCUT2D eigenvalue weighted by molar-refractivity contribution is 5.95. The zero-order valence-corrected chi connectivity index (χ0v) is 14.6. The number of benzene rings is 1. The normalized spacial score (nSPS) is 14.2. The summed E-state index contributed by atoms with van der Waals surface area (Å²) in [5.74, 6) is 0.104. The number of aromatic nitrogens is 1. The number of amides is 2. The molecule has 0 spiro atoms. The zero-order valence-electron chi connectivity index (χ0n) is 14.6. The predicted molar refractivity (Wildman–Crippen MR) is 90.8 cm³/mol. The standard InChI is InChI=1S/C18H19N3O5/c1-12-10-16(19-26-12)18(24)21-8-6-20(7-9-21)17(23)14-4-3-5-15(11-14)25-13(2)22/h3-5,10-11H,6-9H2,1-2H3. The Kier molecular flexibility index (Phi) is 5.01. The lowest BCUT2D eigenvalue weighted by Gasteiger charge is -2.34. The van der Waals surface area contributed by atoms with Crippen molar-refractivity contribution in [2.75, 3.05) is 26.2 Å². The van der Waals surface area contributed by atoms with Gasteiger partial charge in [-0.1, -0.05) is 11.2 Å². The van der Waals surface area contributed by atoms with E-state index in [1.165, 1.54) is 6.92 Å². The molecule has 1 aliphatic heterocycles. The third-order valence-corrected chi connectivity index (χ3v) is 4.04. The van der Waals surface area contributed by atoms with Crippen LogP contribution in [0.2, 0.25) is 0 Å². The largest absolute Gasteiger partial charge is 0.427 e. The van der Waals surface area contributed by atoms with Crippen molar-refractivity contribution in [1.82, 2.24) is 15.0 Å². The summed E-state index contributed by atoms with van der Waals surface area (Å²) in [6.45, 7) is 4.70. The van der Waals surface area contributed by atoms with Crippen molar-refractivity contribution in [2.24, 2.45) is 0 Å². The van der Waals surface area contributed by atoms with Crippen molar-refractivity contribution in [3.8, 4) is 5.75 Å². The van der Waals surface area contributed by atoms with E-state index >= 15 is 0 Å². The van der Waals surface area contributed by atoms with Crippen LogP contribution in [0.5, 0.6) is 5.75 Å². The lowest BCUT2D eigenvalue weighted by molar-refractivity contribution is -0.131. The first kappa shape index (κ1) is 17.7. The maximum Gasteiger partial charge on any atom is 0.308 e. The van der Waals surface area contributed by atoms with Crippen molar-refractivity contribution in [3.05, 3.63) is 47.3 Å². The second kappa shape index (κ2) is 7.38. The van der Waals surface area contributed by atoms with Gasteiger partial charge in [0.05, 0.1) is 0 Å². The topological polar surface area (TPSA) is 93.0 Å². The van der Waals surface area contributed by atoms with Crippen molar-refractivity contribution in [1.29, 1.82) is 0 Å². The summed E-state index contributed by atoms with van der Waals surface area (Å²) in [7, 11) is 0. The summed E-state index contributed by atoms with van der Waals surface area (Å²) in [6.07, 6.45) is 0. The molecule has 1 aromatic heterocycles. The molecule has 0 radical (unpaired) electrons. The maximum absolute atomic E-state index is 12.6. The Bertz CT molecular complexity index is 837. The van der Waals surface area contributed by atoms with E-state index in [1.54, 1.807) is 47.1 Å². The molecule has 2 amide bonds. The van der Waals surface area contributed by atoms with Gasteiger partial charge in [-0.05, 0) is 25.1 Å². The number of nitrogens with zero attached hydrogens (tertiary/aromatic N) is 3. The number of piperazine rings is 1. The Morgan fingerprint density at radius 1 is 1.04 bits per heavy atom. The molecular weight excluding hydrogens is 338 g/mol. The Hall–Kier alpha value is -3.16. The fourth-order valence-electron chi connectivity index (χ4n) is 2.78. The number of hydrogen-bond acceptors (Lipinski definition) is 6. The fourth-order valence-corrected chi connectivity index (χ4v) is 2.78. The minimum absolute atomic E-state index is 0.164. The van der Waals surface area contributed by atoms with E-state index in [-0.39, 0.29) is 17.5 Å². The Labute approximate surface area is 150 Å². The van der Waals surface area contributed by atoms with Gasteiger partial charge in [-0.2, -0.15) is 0 Å². The number of carbonyl (C=O) groups excluding carboxylic acids is 3. The molecule has 2 aromatic rings. The highest BCUT2D eigenvalue weighted by atomic mass is 16.5. The molecule has 0 saturated carbocycles. The highest BCUT2D eigenvalue weighted by Gasteiger charge is 2.27. The second-order valence-corrected chi connectivity index (χ2v) is 6.03. The van der Waals surface area contributed by atoms with Crippen LogP contribution in [-0.2, 0) is 4.79 Å². The Morgan fingerprint density at radius 3 is 2.27 bits per heavy atom. The average molecular weight is 357 g/mol. The smallest absolute Gasteiger partial charge is 0.308 e. The molecule has 0 unspecified atom stereocenters. The highest BCUT2D eigenvalue weighted by Crippen LogP contribution is 2.17. The average Bonchev–Trinajstić information content (AvgIpc) is 3.07. The summed E-state index contributed by atoms with van der Waals surface area (Å²) < 4.78 is 9.95. The third-order valence-electron chi connectivity index (χ3n) is 4.04. The molecule has 1 aromatic carbocycles. The first-order valence-electron chi connectivity index (χ1n) is 8.24. The van der Waals surface area contributed by atoms with Crippen LogP contribution in [0, 0.1) is 6.92 Å². The summed E-state index contributed by atoms with van der Waals surface area (Å²) in [6, 6.07) is 8.09. The van der Waals surface area contributed by atoms with Crippen LogP contribution in [0.15, 0.2) is 34.9 Å². The molecule has 0 N–H and O–H groups in total. The van der Waals surface area contributed by atoms with Gasteiger partial charge in [0.2, 0.25) is 0 Å². The van der Waals surface area contributed by atoms with Gasteiger partial charge in [-0.25, -0.2) is 0 Å². The van der Waals surface area contributed by atoms with E-state index in [1.807, 2.05) is 0 Å². The second-order valence-electron chi connectivity index (χ2n) is 6.03. The number of carbonyl (C=O) groups is 3. The number of aryl methyl sites for hydroxylation is 1. The number of esters is 1. The van der Waals surface area contributed by atoms with E-state index in [4.69, 9.17) is 9.26 Å². The van der Waals surface area contributed by atoms with E-state index in [9.17, 15) is 14.4 Å². The quantitative estimate of drug-likeness (QED) is 0.611. The van der Waals surface area contributed by atoms with Gasteiger partial charge in [-0.3, -0.25) is 14.4 Å². The molecule has 1 aliphatic rings. The summed E-state index contributed by atoms with van der Waals surface area (Å²) in [5.41, 5.74) is 0.715. The van der Waals surface area contributed by atoms with Crippen molar-refractivity contribution < 1.29 is 23.6 Å². The van der Waals surface area contributed by atoms with E-state index in [2.05, 4.69) is 5.16 Å². The van der Waals surface area contributed by atoms with Crippen LogP contribution >= 0.6 is 0 Å². The maximum atomic E-state index is 12.6. The molecule has 0 aliphatic carbocycles. The molecule has 136 valence electrons. The van der Waals surface area contributed by atoms with Crippen molar-refractivity contribution in [3.63, 3.8) is 0 Å². The van der Waals surface area contributed by atoms with Crippen LogP contribution < -0.4 is 4.74 Å². The molecule has 26 heavy (non-hydrogen) atoms. The van der Waals surface area contributed by atoms with E-state index in [0.29, 0.717) is 43.3 Å². The molecule has 3 rings (SSSR count). The molecule has 0 atom stereocenters. The lowest BCUT2D eigenvalue weighted by atomic mass is 10.1. The van der Waals surface area contributed by atoms with Gasteiger partial charge in [0.25, 0.3) is 11.8 Å². The Morgan fingerprint density at radius 2 is 1.69 bits per heavy atom. The number of rotatable bonds is 3. The van der Waals surface area contributed by atoms with Crippen LogP contribution in [-0.4, -0.2) is 58.9 Å². The Balaban J connectivity index is 1.61. The predicted octanol–water partition coefficient (Wildman–Crippen LogP) is 1.51. The zero-order chi connectivity index (χ0) is 18.7. The SMILES string of the molecule is CC(=O)Oc1cccc(C(=O)N2CCN(C(=O)c3cc(C)on3)CC2)c1. The monoisotopic (exact) mass is 357 g/mol. The molecule has 8 nitrogen and oxygen atoms in total. The minimum Gasteiger partial charge on any atom is -0.427 e. The first-order valence-corrected chi connectivity index (χ1v) is 8.24. The molecule has 1 saturated heterocycles. The van der Waals surface area contributed by atoms with Gasteiger partial charge >= 0.3 is 5.97 Å². The van der Waals surface area contributed by atoms with Crippen LogP contribution in [0.25, 0.3) is 0 Å². The third kappa shape index (κ3) is 3.90. The van der Waals surface area contributed by atoms with Crippen molar-refractivity contribution in [2.45, 2.75) is 13.8 Å². The van der Waals surface area contributed by atoms with Crippen molar-refractivity contribution >= 4 is 17.8 Å². The van der Waals surface area contributed by atoms with Gasteiger partial charge in [-0.15, -0.1) is 0 Å². The lowest BCUT2D eigenvalue weighted by Crippen LogP contribution is -2.50. The molecule has 1 fully saturated rings. The number of ether oxygens (including phenoxy) is 1. The summed E-state index contributed by atoms with van der Waals surface area (Å²) >= 11 is 0. The van der Waals surface area contributed by atoms with Gasteiger partial charge in [0, 0.05) is 44.7 Å². The van der Waals surface area contributed by atoms with Crippen LogP contribution in [0.4, 0.5) is 0 Å². The molecule has 8 heteroatoms. The molecular formula is C18H19N3O5. The van der Waals surface area contributed by atoms with Gasteiger partial charge < -0.3 is 19.1 Å².